The second kappa shape index (κ2) is 8.29. The molecule has 2 rings (SSSR count). The Balaban J connectivity index is 2.64. The molecule has 0 aliphatic rings. The summed E-state index contributed by atoms with van der Waals surface area (Å²) in [4.78, 5) is 24.6. The molecular weight excluding hydrogens is 304 g/mol. The Morgan fingerprint density at radius 3 is 1.88 bits per heavy atom. The fourth-order valence-electron chi connectivity index (χ4n) is 2.58. The Labute approximate surface area is 142 Å². The maximum absolute atomic E-state index is 12.3. The van der Waals surface area contributed by atoms with Crippen LogP contribution in [0.4, 0.5) is 0 Å². The third-order valence-corrected chi connectivity index (χ3v) is 3.70. The summed E-state index contributed by atoms with van der Waals surface area (Å²) in [6.07, 6.45) is 0.736. The fourth-order valence-corrected chi connectivity index (χ4v) is 2.58. The van der Waals surface area contributed by atoms with Crippen molar-refractivity contribution in [2.45, 2.75) is 27.2 Å². The quantitative estimate of drug-likeness (QED) is 0.744. The van der Waals surface area contributed by atoms with Crippen LogP contribution in [0.15, 0.2) is 42.5 Å². The molecule has 0 aliphatic heterocycles. The number of aryl methyl sites for hydroxylation is 1. The SMILES string of the molecule is CCOC(=O)c1cc(CC)c(-c2ccccc2)cc1C(=O)OCC. The molecule has 0 spiro atoms. The van der Waals surface area contributed by atoms with E-state index in [0.717, 1.165) is 23.1 Å². The molecule has 126 valence electrons. The van der Waals surface area contributed by atoms with Crippen LogP contribution in [0.2, 0.25) is 0 Å². The number of carbonyl (C=O) groups excluding carboxylic acids is 2. The molecule has 2 aromatic rings. The number of hydrogen-bond acceptors (Lipinski definition) is 4. The number of rotatable bonds is 6. The molecule has 0 radical (unpaired) electrons. The minimum Gasteiger partial charge on any atom is -0.462 e. The smallest absolute Gasteiger partial charge is 0.339 e. The van der Waals surface area contributed by atoms with E-state index in [1.54, 1.807) is 26.0 Å². The first kappa shape index (κ1) is 17.7. The van der Waals surface area contributed by atoms with Gasteiger partial charge in [-0.2, -0.15) is 0 Å². The van der Waals surface area contributed by atoms with Crippen LogP contribution in [0.25, 0.3) is 11.1 Å². The first-order chi connectivity index (χ1) is 11.6. The van der Waals surface area contributed by atoms with Gasteiger partial charge in [0.25, 0.3) is 0 Å². The van der Waals surface area contributed by atoms with Gasteiger partial charge in [-0.1, -0.05) is 37.3 Å². The highest BCUT2D eigenvalue weighted by atomic mass is 16.5. The fraction of sp³-hybridized carbons (Fsp3) is 0.300. The number of hydrogen-bond donors (Lipinski definition) is 0. The molecule has 2 aromatic carbocycles. The predicted molar refractivity (Wildman–Crippen MR) is 93.2 cm³/mol. The molecule has 24 heavy (non-hydrogen) atoms. The first-order valence-corrected chi connectivity index (χ1v) is 8.18. The van der Waals surface area contributed by atoms with Crippen molar-refractivity contribution >= 4 is 11.9 Å². The zero-order valence-corrected chi connectivity index (χ0v) is 14.3. The standard InChI is InChI=1S/C20H22O4/c1-4-14-12-17(19(21)23-5-2)18(20(22)24-6-3)13-16(14)15-10-8-7-9-11-15/h7-13H,4-6H2,1-3H3. The Hall–Kier alpha value is -2.62. The molecule has 0 heterocycles. The molecule has 0 unspecified atom stereocenters. The number of benzene rings is 2. The van der Waals surface area contributed by atoms with Crippen molar-refractivity contribution in [2.75, 3.05) is 13.2 Å². The lowest BCUT2D eigenvalue weighted by molar-refractivity contribution is 0.0479. The van der Waals surface area contributed by atoms with Crippen molar-refractivity contribution in [1.29, 1.82) is 0 Å². The Morgan fingerprint density at radius 1 is 0.833 bits per heavy atom. The predicted octanol–water partition coefficient (Wildman–Crippen LogP) is 4.27. The van der Waals surface area contributed by atoms with Crippen LogP contribution in [-0.4, -0.2) is 25.2 Å². The van der Waals surface area contributed by atoms with Gasteiger partial charge in [-0.3, -0.25) is 0 Å². The van der Waals surface area contributed by atoms with Gasteiger partial charge in [0.2, 0.25) is 0 Å². The Morgan fingerprint density at radius 2 is 1.38 bits per heavy atom. The molecule has 0 saturated carbocycles. The van der Waals surface area contributed by atoms with E-state index in [1.807, 2.05) is 37.3 Å². The molecule has 0 saturated heterocycles. The van der Waals surface area contributed by atoms with Crippen molar-refractivity contribution in [1.82, 2.24) is 0 Å². The average molecular weight is 326 g/mol. The Bertz CT molecular complexity index is 720. The average Bonchev–Trinajstić information content (AvgIpc) is 2.61. The van der Waals surface area contributed by atoms with Gasteiger partial charge in [0, 0.05) is 0 Å². The highest BCUT2D eigenvalue weighted by Crippen LogP contribution is 2.28. The molecule has 0 bridgehead atoms. The summed E-state index contributed by atoms with van der Waals surface area (Å²) in [5.74, 6) is -1.02. The van der Waals surface area contributed by atoms with Gasteiger partial charge in [-0.25, -0.2) is 9.59 Å². The van der Waals surface area contributed by atoms with E-state index in [-0.39, 0.29) is 24.3 Å². The summed E-state index contributed by atoms with van der Waals surface area (Å²) in [5, 5.41) is 0. The van der Waals surface area contributed by atoms with Crippen molar-refractivity contribution in [3.8, 4) is 11.1 Å². The summed E-state index contributed by atoms with van der Waals surface area (Å²) in [6.45, 7) is 5.99. The van der Waals surface area contributed by atoms with Gasteiger partial charge >= 0.3 is 11.9 Å². The molecule has 4 heteroatoms. The van der Waals surface area contributed by atoms with Crippen LogP contribution < -0.4 is 0 Å². The van der Waals surface area contributed by atoms with E-state index in [4.69, 9.17) is 9.47 Å². The highest BCUT2D eigenvalue weighted by molar-refractivity contribution is 6.04. The van der Waals surface area contributed by atoms with Gasteiger partial charge in [-0.05, 0) is 49.1 Å². The van der Waals surface area contributed by atoms with E-state index < -0.39 is 11.9 Å². The summed E-state index contributed by atoms with van der Waals surface area (Å²) in [7, 11) is 0. The second-order valence-electron chi connectivity index (χ2n) is 5.22. The van der Waals surface area contributed by atoms with Crippen molar-refractivity contribution in [3.05, 3.63) is 59.2 Å². The van der Waals surface area contributed by atoms with E-state index in [0.29, 0.717) is 0 Å². The van der Waals surface area contributed by atoms with Crippen LogP contribution in [0.5, 0.6) is 0 Å². The number of carbonyl (C=O) groups is 2. The summed E-state index contributed by atoms with van der Waals surface area (Å²) in [5.41, 5.74) is 3.40. The monoisotopic (exact) mass is 326 g/mol. The molecule has 0 N–H and O–H groups in total. The normalized spacial score (nSPS) is 10.3. The molecular formula is C20H22O4. The maximum atomic E-state index is 12.3. The molecule has 0 aromatic heterocycles. The zero-order valence-electron chi connectivity index (χ0n) is 14.3. The first-order valence-electron chi connectivity index (χ1n) is 8.18. The van der Waals surface area contributed by atoms with E-state index >= 15 is 0 Å². The van der Waals surface area contributed by atoms with Crippen LogP contribution in [0.1, 0.15) is 47.1 Å². The minimum atomic E-state index is -0.514. The molecule has 0 fully saturated rings. The number of esters is 2. The summed E-state index contributed by atoms with van der Waals surface area (Å²) in [6, 6.07) is 13.3. The lowest BCUT2D eigenvalue weighted by Crippen LogP contribution is -2.15. The van der Waals surface area contributed by atoms with Crippen LogP contribution in [0.3, 0.4) is 0 Å². The third kappa shape index (κ3) is 3.82. The Kier molecular flexibility index (Phi) is 6.13. The maximum Gasteiger partial charge on any atom is 0.339 e. The van der Waals surface area contributed by atoms with Crippen molar-refractivity contribution in [3.63, 3.8) is 0 Å². The lowest BCUT2D eigenvalue weighted by atomic mass is 9.92. The van der Waals surface area contributed by atoms with Crippen molar-refractivity contribution in [2.24, 2.45) is 0 Å². The minimum absolute atomic E-state index is 0.242. The lowest BCUT2D eigenvalue weighted by Gasteiger charge is -2.15. The van der Waals surface area contributed by atoms with E-state index in [2.05, 4.69) is 0 Å². The van der Waals surface area contributed by atoms with Crippen molar-refractivity contribution < 1.29 is 19.1 Å². The van der Waals surface area contributed by atoms with Crippen LogP contribution >= 0.6 is 0 Å². The van der Waals surface area contributed by atoms with Gasteiger partial charge in [0.1, 0.15) is 0 Å². The topological polar surface area (TPSA) is 52.6 Å². The van der Waals surface area contributed by atoms with Gasteiger partial charge in [0.15, 0.2) is 0 Å². The van der Waals surface area contributed by atoms with Gasteiger partial charge in [-0.15, -0.1) is 0 Å². The molecule has 0 amide bonds. The molecule has 0 atom stereocenters. The zero-order chi connectivity index (χ0) is 17.5. The highest BCUT2D eigenvalue weighted by Gasteiger charge is 2.22. The second-order valence-corrected chi connectivity index (χ2v) is 5.22. The molecule has 4 nitrogen and oxygen atoms in total. The van der Waals surface area contributed by atoms with Gasteiger partial charge in [0.05, 0.1) is 24.3 Å². The summed E-state index contributed by atoms with van der Waals surface area (Å²) < 4.78 is 10.2. The van der Waals surface area contributed by atoms with Gasteiger partial charge < -0.3 is 9.47 Å². The van der Waals surface area contributed by atoms with Crippen LogP contribution in [0, 0.1) is 0 Å². The van der Waals surface area contributed by atoms with E-state index in [9.17, 15) is 9.59 Å². The van der Waals surface area contributed by atoms with Crippen LogP contribution in [-0.2, 0) is 15.9 Å². The third-order valence-electron chi connectivity index (χ3n) is 3.70. The largest absolute Gasteiger partial charge is 0.462 e. The summed E-state index contributed by atoms with van der Waals surface area (Å²) >= 11 is 0. The van der Waals surface area contributed by atoms with E-state index in [1.165, 1.54) is 0 Å². The number of ether oxygens (including phenoxy) is 2. The molecule has 0 aliphatic carbocycles.